The van der Waals surface area contributed by atoms with Crippen molar-refractivity contribution in [3.8, 4) is 11.1 Å². The van der Waals surface area contributed by atoms with E-state index >= 15 is 0 Å². The summed E-state index contributed by atoms with van der Waals surface area (Å²) in [6.07, 6.45) is 2.28. The summed E-state index contributed by atoms with van der Waals surface area (Å²) in [5.74, 6) is -0.260. The van der Waals surface area contributed by atoms with Gasteiger partial charge in [0.05, 0.1) is 11.3 Å². The van der Waals surface area contributed by atoms with E-state index in [0.29, 0.717) is 5.56 Å². The third-order valence-electron chi connectivity index (χ3n) is 4.13. The highest BCUT2D eigenvalue weighted by molar-refractivity contribution is 6.02. The van der Waals surface area contributed by atoms with Gasteiger partial charge in [-0.25, -0.2) is 5.43 Å². The van der Waals surface area contributed by atoms with Gasteiger partial charge in [0, 0.05) is 11.9 Å². The Kier molecular flexibility index (Phi) is 5.54. The molecule has 0 aliphatic rings. The molecular formula is C22H21N3O. The number of aromatic nitrogens is 1. The van der Waals surface area contributed by atoms with Gasteiger partial charge in [-0.05, 0) is 42.2 Å². The molecule has 0 fully saturated rings. The van der Waals surface area contributed by atoms with Crippen LogP contribution in [0.3, 0.4) is 0 Å². The number of carbonyl (C=O) groups is 1. The molecule has 0 spiro atoms. The molecule has 4 heteroatoms. The van der Waals surface area contributed by atoms with Gasteiger partial charge in [0.25, 0.3) is 5.91 Å². The maximum atomic E-state index is 12.2. The summed E-state index contributed by atoms with van der Waals surface area (Å²) in [7, 11) is 0. The van der Waals surface area contributed by atoms with E-state index < -0.39 is 0 Å². The molecule has 0 saturated carbocycles. The molecule has 1 heterocycles. The van der Waals surface area contributed by atoms with Crippen LogP contribution in [0.5, 0.6) is 0 Å². The summed E-state index contributed by atoms with van der Waals surface area (Å²) in [6.45, 7) is 3.90. The Morgan fingerprint density at radius 2 is 1.58 bits per heavy atom. The molecular weight excluding hydrogens is 322 g/mol. The van der Waals surface area contributed by atoms with E-state index in [4.69, 9.17) is 0 Å². The van der Waals surface area contributed by atoms with Crippen LogP contribution in [0.4, 0.5) is 0 Å². The fourth-order valence-electron chi connectivity index (χ4n) is 2.62. The molecule has 3 aromatic rings. The second-order valence-corrected chi connectivity index (χ2v) is 5.98. The van der Waals surface area contributed by atoms with Gasteiger partial charge >= 0.3 is 0 Å². The number of pyridine rings is 1. The summed E-state index contributed by atoms with van der Waals surface area (Å²) < 4.78 is 0. The van der Waals surface area contributed by atoms with Crippen molar-refractivity contribution in [1.82, 2.24) is 10.4 Å². The first kappa shape index (κ1) is 17.5. The number of hydrogen-bond donors (Lipinski definition) is 1. The molecule has 0 unspecified atom stereocenters. The molecule has 0 atom stereocenters. The molecule has 0 bridgehead atoms. The van der Waals surface area contributed by atoms with E-state index in [1.54, 1.807) is 12.3 Å². The van der Waals surface area contributed by atoms with Gasteiger partial charge in [0.1, 0.15) is 0 Å². The Labute approximate surface area is 153 Å². The molecule has 0 aliphatic heterocycles. The van der Waals surface area contributed by atoms with Gasteiger partial charge in [0.15, 0.2) is 0 Å². The number of benzene rings is 2. The van der Waals surface area contributed by atoms with Crippen molar-refractivity contribution < 1.29 is 4.79 Å². The lowest BCUT2D eigenvalue weighted by molar-refractivity contribution is 0.0954. The number of aryl methyl sites for hydroxylation is 1. The third-order valence-corrected chi connectivity index (χ3v) is 4.13. The van der Waals surface area contributed by atoms with Crippen LogP contribution >= 0.6 is 0 Å². The highest BCUT2D eigenvalue weighted by Gasteiger charge is 2.07. The summed E-state index contributed by atoms with van der Waals surface area (Å²) in [4.78, 5) is 16.3. The number of hydrazone groups is 1. The van der Waals surface area contributed by atoms with Gasteiger partial charge in [0.2, 0.25) is 0 Å². The van der Waals surface area contributed by atoms with Crippen LogP contribution in [0, 0.1) is 6.92 Å². The molecule has 0 aliphatic carbocycles. The normalized spacial score (nSPS) is 11.2. The number of nitrogens with one attached hydrogen (secondary N) is 1. The Bertz CT molecular complexity index is 898. The monoisotopic (exact) mass is 343 g/mol. The predicted octanol–water partition coefficient (Wildman–Crippen LogP) is 4.60. The molecule has 0 saturated heterocycles. The fraction of sp³-hybridized carbons (Fsp3) is 0.136. The third kappa shape index (κ3) is 4.22. The van der Waals surface area contributed by atoms with Gasteiger partial charge in [-0.3, -0.25) is 9.78 Å². The van der Waals surface area contributed by atoms with Gasteiger partial charge in [-0.1, -0.05) is 61.5 Å². The molecule has 130 valence electrons. The van der Waals surface area contributed by atoms with Crippen molar-refractivity contribution in [2.24, 2.45) is 5.10 Å². The number of amides is 1. The van der Waals surface area contributed by atoms with Gasteiger partial charge in [-0.15, -0.1) is 0 Å². The summed E-state index contributed by atoms with van der Waals surface area (Å²) >= 11 is 0. The highest BCUT2D eigenvalue weighted by Crippen LogP contribution is 2.19. The maximum Gasteiger partial charge on any atom is 0.272 e. The van der Waals surface area contributed by atoms with Crippen molar-refractivity contribution in [2.75, 3.05) is 0 Å². The van der Waals surface area contributed by atoms with Gasteiger partial charge in [-0.2, -0.15) is 5.10 Å². The summed E-state index contributed by atoms with van der Waals surface area (Å²) in [5, 5.41) is 4.30. The van der Waals surface area contributed by atoms with Crippen LogP contribution in [0.2, 0.25) is 0 Å². The predicted molar refractivity (Wildman–Crippen MR) is 105 cm³/mol. The quantitative estimate of drug-likeness (QED) is 0.544. The molecule has 3 rings (SSSR count). The second kappa shape index (κ2) is 8.21. The van der Waals surface area contributed by atoms with Crippen LogP contribution in [0.15, 0.2) is 78.0 Å². The topological polar surface area (TPSA) is 54.4 Å². The smallest absolute Gasteiger partial charge is 0.267 e. The molecule has 1 aromatic heterocycles. The minimum Gasteiger partial charge on any atom is -0.267 e. The molecule has 1 N–H and O–H groups in total. The lowest BCUT2D eigenvalue weighted by Crippen LogP contribution is -2.20. The van der Waals surface area contributed by atoms with E-state index in [9.17, 15) is 4.79 Å². The van der Waals surface area contributed by atoms with Crippen molar-refractivity contribution in [2.45, 2.75) is 20.3 Å². The lowest BCUT2D eigenvalue weighted by Gasteiger charge is -2.07. The zero-order chi connectivity index (χ0) is 18.4. The Balaban J connectivity index is 1.74. The summed E-state index contributed by atoms with van der Waals surface area (Å²) in [5.41, 5.74) is 8.14. The first-order chi connectivity index (χ1) is 12.7. The van der Waals surface area contributed by atoms with Crippen LogP contribution in [-0.4, -0.2) is 16.6 Å². The van der Waals surface area contributed by atoms with E-state index in [-0.39, 0.29) is 5.91 Å². The van der Waals surface area contributed by atoms with E-state index in [1.807, 2.05) is 50.2 Å². The van der Waals surface area contributed by atoms with Crippen molar-refractivity contribution in [3.05, 3.63) is 89.7 Å². The Morgan fingerprint density at radius 3 is 2.19 bits per heavy atom. The minimum absolute atomic E-state index is 0.260. The van der Waals surface area contributed by atoms with Crippen molar-refractivity contribution in [3.63, 3.8) is 0 Å². The molecule has 4 nitrogen and oxygen atoms in total. The number of rotatable bonds is 5. The Morgan fingerprint density at radius 1 is 0.923 bits per heavy atom. The van der Waals surface area contributed by atoms with Crippen LogP contribution in [-0.2, 0) is 0 Å². The summed E-state index contributed by atoms with van der Waals surface area (Å²) in [6, 6.07) is 22.0. The van der Waals surface area contributed by atoms with Crippen molar-refractivity contribution in [1.29, 1.82) is 0 Å². The average molecular weight is 343 g/mol. The number of hydrogen-bond acceptors (Lipinski definition) is 3. The maximum absolute atomic E-state index is 12.2. The standard InChI is InChI=1S/C22H21N3O/c1-3-21(24-25-22(26)20-10-9-16(2)23-15-20)19-13-11-18(12-14-19)17-7-5-4-6-8-17/h4-15H,3H2,1-2H3,(H,25,26)/b24-21+. The lowest BCUT2D eigenvalue weighted by atomic mass is 10.0. The molecule has 1 amide bonds. The molecule has 0 radical (unpaired) electrons. The zero-order valence-corrected chi connectivity index (χ0v) is 14.9. The number of nitrogens with zero attached hydrogens (tertiary/aromatic N) is 2. The van der Waals surface area contributed by atoms with Crippen LogP contribution in [0.25, 0.3) is 11.1 Å². The zero-order valence-electron chi connectivity index (χ0n) is 14.9. The van der Waals surface area contributed by atoms with Gasteiger partial charge < -0.3 is 0 Å². The van der Waals surface area contributed by atoms with E-state index in [2.05, 4.69) is 39.8 Å². The van der Waals surface area contributed by atoms with E-state index in [0.717, 1.165) is 29.0 Å². The highest BCUT2D eigenvalue weighted by atomic mass is 16.2. The van der Waals surface area contributed by atoms with E-state index in [1.165, 1.54) is 5.56 Å². The first-order valence-electron chi connectivity index (χ1n) is 8.63. The molecule has 2 aromatic carbocycles. The van der Waals surface area contributed by atoms with Crippen LogP contribution in [0.1, 0.15) is 35.0 Å². The number of carbonyl (C=O) groups excluding carboxylic acids is 1. The average Bonchev–Trinajstić information content (AvgIpc) is 2.70. The van der Waals surface area contributed by atoms with Crippen molar-refractivity contribution >= 4 is 11.6 Å². The fourth-order valence-corrected chi connectivity index (χ4v) is 2.62. The van der Waals surface area contributed by atoms with Crippen LogP contribution < -0.4 is 5.43 Å². The SMILES string of the molecule is CC/C(=N\NC(=O)c1ccc(C)nc1)c1ccc(-c2ccccc2)cc1. The largest absolute Gasteiger partial charge is 0.272 e. The Hall–Kier alpha value is -3.27. The minimum atomic E-state index is -0.260. The second-order valence-electron chi connectivity index (χ2n) is 5.98. The molecule has 26 heavy (non-hydrogen) atoms. The first-order valence-corrected chi connectivity index (χ1v) is 8.63.